The average molecular weight is 405 g/mol. The molecule has 1 aromatic heterocycles. The molecule has 6 heteroatoms. The molecular formula is C23H20FN3OS. The molecule has 0 fully saturated rings. The highest BCUT2D eigenvalue weighted by molar-refractivity contribution is 7.18. The SMILES string of the molecule is C[C@H](Nc1ccc(Cc2nc3ccccc3s2)cc1)C(=O)Nc1ccccc1F. The molecule has 0 aliphatic heterocycles. The lowest BCUT2D eigenvalue weighted by Crippen LogP contribution is -2.32. The fourth-order valence-corrected chi connectivity index (χ4v) is 4.01. The molecule has 146 valence electrons. The summed E-state index contributed by atoms with van der Waals surface area (Å²) in [5, 5.41) is 6.82. The number of rotatable bonds is 6. The van der Waals surface area contributed by atoms with Gasteiger partial charge in [-0.2, -0.15) is 0 Å². The van der Waals surface area contributed by atoms with Crippen LogP contribution in [0.25, 0.3) is 10.2 Å². The maximum Gasteiger partial charge on any atom is 0.246 e. The van der Waals surface area contributed by atoms with Gasteiger partial charge in [0, 0.05) is 12.1 Å². The number of benzene rings is 3. The molecule has 4 nitrogen and oxygen atoms in total. The van der Waals surface area contributed by atoms with Crippen LogP contribution in [0.3, 0.4) is 0 Å². The molecule has 0 bridgehead atoms. The molecule has 0 aliphatic carbocycles. The van der Waals surface area contributed by atoms with Crippen LogP contribution < -0.4 is 10.6 Å². The molecule has 0 saturated carbocycles. The second kappa shape index (κ2) is 8.41. The number of carbonyl (C=O) groups excluding carboxylic acids is 1. The van der Waals surface area contributed by atoms with E-state index in [1.807, 2.05) is 42.5 Å². The van der Waals surface area contributed by atoms with E-state index in [9.17, 15) is 9.18 Å². The Kier molecular flexibility index (Phi) is 5.53. The highest BCUT2D eigenvalue weighted by atomic mass is 32.1. The number of carbonyl (C=O) groups is 1. The quantitative estimate of drug-likeness (QED) is 0.448. The minimum Gasteiger partial charge on any atom is -0.374 e. The molecule has 0 unspecified atom stereocenters. The van der Waals surface area contributed by atoms with E-state index in [1.54, 1.807) is 30.4 Å². The van der Waals surface area contributed by atoms with Crippen LogP contribution in [0.5, 0.6) is 0 Å². The predicted molar refractivity (Wildman–Crippen MR) is 117 cm³/mol. The molecule has 4 rings (SSSR count). The van der Waals surface area contributed by atoms with Gasteiger partial charge in [0.2, 0.25) is 5.91 Å². The molecule has 1 amide bonds. The van der Waals surface area contributed by atoms with Crippen molar-refractivity contribution in [3.8, 4) is 0 Å². The highest BCUT2D eigenvalue weighted by Crippen LogP contribution is 2.24. The van der Waals surface area contributed by atoms with Gasteiger partial charge in [-0.25, -0.2) is 9.37 Å². The Labute approximate surface area is 172 Å². The largest absolute Gasteiger partial charge is 0.374 e. The van der Waals surface area contributed by atoms with Crippen LogP contribution in [0.2, 0.25) is 0 Å². The molecule has 1 heterocycles. The normalized spacial score (nSPS) is 11.9. The molecule has 4 aromatic rings. The lowest BCUT2D eigenvalue weighted by Gasteiger charge is -2.16. The number of thiazole rings is 1. The van der Waals surface area contributed by atoms with Gasteiger partial charge < -0.3 is 10.6 Å². The Balaban J connectivity index is 1.37. The third-order valence-electron chi connectivity index (χ3n) is 4.56. The molecule has 3 aromatic carbocycles. The Morgan fingerprint density at radius 1 is 1.03 bits per heavy atom. The van der Waals surface area contributed by atoms with E-state index < -0.39 is 11.9 Å². The number of nitrogens with zero attached hydrogens (tertiary/aromatic N) is 1. The number of anilines is 2. The summed E-state index contributed by atoms with van der Waals surface area (Å²) in [4.78, 5) is 17.0. The highest BCUT2D eigenvalue weighted by Gasteiger charge is 2.14. The van der Waals surface area contributed by atoms with E-state index in [0.717, 1.165) is 28.2 Å². The van der Waals surface area contributed by atoms with E-state index in [2.05, 4.69) is 21.7 Å². The zero-order valence-corrected chi connectivity index (χ0v) is 16.7. The summed E-state index contributed by atoms with van der Waals surface area (Å²) in [5.41, 5.74) is 3.19. The summed E-state index contributed by atoms with van der Waals surface area (Å²) in [6, 6.07) is 21.7. The summed E-state index contributed by atoms with van der Waals surface area (Å²) in [5.74, 6) is -0.749. The van der Waals surface area contributed by atoms with Crippen LogP contribution in [0, 0.1) is 5.82 Å². The van der Waals surface area contributed by atoms with Gasteiger partial charge in [0.15, 0.2) is 0 Å². The first-order chi connectivity index (χ1) is 14.1. The molecule has 2 N–H and O–H groups in total. The smallest absolute Gasteiger partial charge is 0.246 e. The van der Waals surface area contributed by atoms with Crippen LogP contribution in [-0.4, -0.2) is 16.9 Å². The lowest BCUT2D eigenvalue weighted by molar-refractivity contribution is -0.116. The maximum atomic E-state index is 13.7. The first-order valence-corrected chi connectivity index (χ1v) is 10.2. The number of hydrogen-bond donors (Lipinski definition) is 2. The Morgan fingerprint density at radius 3 is 2.52 bits per heavy atom. The van der Waals surface area contributed by atoms with Crippen molar-refractivity contribution in [2.75, 3.05) is 10.6 Å². The van der Waals surface area contributed by atoms with Gasteiger partial charge in [0.05, 0.1) is 20.9 Å². The number of hydrogen-bond acceptors (Lipinski definition) is 4. The molecule has 0 aliphatic rings. The average Bonchev–Trinajstić information content (AvgIpc) is 3.13. The van der Waals surface area contributed by atoms with Crippen molar-refractivity contribution in [3.63, 3.8) is 0 Å². The third-order valence-corrected chi connectivity index (χ3v) is 5.59. The van der Waals surface area contributed by atoms with E-state index >= 15 is 0 Å². The van der Waals surface area contributed by atoms with Crippen LogP contribution in [0.4, 0.5) is 15.8 Å². The van der Waals surface area contributed by atoms with Gasteiger partial charge in [-0.3, -0.25) is 4.79 Å². The van der Waals surface area contributed by atoms with Crippen LogP contribution in [-0.2, 0) is 11.2 Å². The first-order valence-electron chi connectivity index (χ1n) is 9.34. The minimum atomic E-state index is -0.510. The van der Waals surface area contributed by atoms with Gasteiger partial charge >= 0.3 is 0 Å². The van der Waals surface area contributed by atoms with Gasteiger partial charge in [-0.05, 0) is 48.9 Å². The second-order valence-corrected chi connectivity index (χ2v) is 7.90. The van der Waals surface area contributed by atoms with E-state index in [1.165, 1.54) is 16.8 Å². The van der Waals surface area contributed by atoms with Gasteiger partial charge in [-0.1, -0.05) is 36.4 Å². The van der Waals surface area contributed by atoms with Crippen LogP contribution in [0.15, 0.2) is 72.8 Å². The lowest BCUT2D eigenvalue weighted by atomic mass is 10.1. The summed E-state index contributed by atoms with van der Waals surface area (Å²) in [7, 11) is 0. The number of fused-ring (bicyclic) bond motifs is 1. The summed E-state index contributed by atoms with van der Waals surface area (Å²) in [6.45, 7) is 1.74. The van der Waals surface area contributed by atoms with E-state index in [-0.39, 0.29) is 11.6 Å². The standard InChI is InChI=1S/C23H20FN3OS/c1-15(23(28)27-19-7-3-2-6-18(19)24)25-17-12-10-16(11-13-17)14-22-26-20-8-4-5-9-21(20)29-22/h2-13,15,25H,14H2,1H3,(H,27,28)/t15-/m0/s1. The molecule has 0 spiro atoms. The van der Waals surface area contributed by atoms with Crippen molar-refractivity contribution < 1.29 is 9.18 Å². The van der Waals surface area contributed by atoms with Gasteiger partial charge in [-0.15, -0.1) is 11.3 Å². The van der Waals surface area contributed by atoms with Gasteiger partial charge in [0.25, 0.3) is 0 Å². The Hall–Kier alpha value is -3.25. The van der Waals surface area contributed by atoms with Crippen molar-refractivity contribution in [1.29, 1.82) is 0 Å². The van der Waals surface area contributed by atoms with E-state index in [0.29, 0.717) is 0 Å². The number of aromatic nitrogens is 1. The maximum absolute atomic E-state index is 13.7. The molecule has 29 heavy (non-hydrogen) atoms. The summed E-state index contributed by atoms with van der Waals surface area (Å²) >= 11 is 1.70. The van der Waals surface area contributed by atoms with Gasteiger partial charge in [0.1, 0.15) is 11.9 Å². The van der Waals surface area contributed by atoms with Crippen molar-refractivity contribution in [2.45, 2.75) is 19.4 Å². The molecule has 1 atom stereocenters. The van der Waals surface area contributed by atoms with Crippen molar-refractivity contribution in [1.82, 2.24) is 4.98 Å². The first kappa shape index (κ1) is 19.1. The second-order valence-electron chi connectivity index (χ2n) is 6.78. The fraction of sp³-hybridized carbons (Fsp3) is 0.130. The fourth-order valence-electron chi connectivity index (χ4n) is 3.01. The Bertz CT molecular complexity index is 1110. The number of para-hydroxylation sites is 2. The Morgan fingerprint density at radius 2 is 1.76 bits per heavy atom. The third kappa shape index (κ3) is 4.60. The van der Waals surface area contributed by atoms with Crippen LogP contribution >= 0.6 is 11.3 Å². The number of halogens is 1. The molecular weight excluding hydrogens is 385 g/mol. The number of nitrogens with one attached hydrogen (secondary N) is 2. The molecule has 0 radical (unpaired) electrons. The van der Waals surface area contributed by atoms with E-state index in [4.69, 9.17) is 0 Å². The van der Waals surface area contributed by atoms with Crippen LogP contribution in [0.1, 0.15) is 17.5 Å². The van der Waals surface area contributed by atoms with Crippen molar-refractivity contribution in [2.24, 2.45) is 0 Å². The zero-order valence-electron chi connectivity index (χ0n) is 15.9. The summed E-state index contributed by atoms with van der Waals surface area (Å²) in [6.07, 6.45) is 0.767. The minimum absolute atomic E-state index is 0.178. The predicted octanol–water partition coefficient (Wildman–Crippen LogP) is 5.47. The van der Waals surface area contributed by atoms with Crippen molar-refractivity contribution in [3.05, 3.63) is 89.2 Å². The monoisotopic (exact) mass is 405 g/mol. The summed E-state index contributed by atoms with van der Waals surface area (Å²) < 4.78 is 14.9. The zero-order chi connectivity index (χ0) is 20.2. The van der Waals surface area contributed by atoms with Crippen molar-refractivity contribution >= 4 is 38.8 Å². The molecule has 0 saturated heterocycles. The topological polar surface area (TPSA) is 54.0 Å². The number of amides is 1.